The summed E-state index contributed by atoms with van der Waals surface area (Å²) in [5.41, 5.74) is 2.07. The van der Waals surface area contributed by atoms with E-state index in [-0.39, 0.29) is 11.0 Å². The van der Waals surface area contributed by atoms with Gasteiger partial charge in [0.1, 0.15) is 5.82 Å². The molecule has 126 valence electrons. The highest BCUT2D eigenvalue weighted by Gasteiger charge is 2.25. The van der Waals surface area contributed by atoms with E-state index in [0.29, 0.717) is 12.5 Å². The molecule has 0 aliphatic carbocycles. The molecule has 3 rings (SSSR count). The van der Waals surface area contributed by atoms with E-state index < -0.39 is 9.84 Å². The van der Waals surface area contributed by atoms with Crippen molar-refractivity contribution in [3.8, 4) is 0 Å². The van der Waals surface area contributed by atoms with Crippen LogP contribution < -0.4 is 0 Å². The summed E-state index contributed by atoms with van der Waals surface area (Å²) in [7, 11) is -2.97. The second-order valence-corrected chi connectivity index (χ2v) is 9.37. The Morgan fingerprint density at radius 1 is 1.35 bits per heavy atom. The van der Waals surface area contributed by atoms with Gasteiger partial charge in [0.25, 0.3) is 0 Å². The third-order valence-electron chi connectivity index (χ3n) is 4.71. The predicted octanol–water partition coefficient (Wildman–Crippen LogP) is 2.57. The van der Waals surface area contributed by atoms with E-state index in [0.717, 1.165) is 42.8 Å². The Morgan fingerprint density at radius 2 is 2.13 bits per heavy atom. The molecule has 2 aromatic rings. The fourth-order valence-electron chi connectivity index (χ4n) is 3.14. The van der Waals surface area contributed by atoms with Gasteiger partial charge < -0.3 is 9.88 Å². The van der Waals surface area contributed by atoms with Gasteiger partial charge >= 0.3 is 0 Å². The minimum Gasteiger partial charge on any atom is -0.342 e. The van der Waals surface area contributed by atoms with E-state index in [1.807, 2.05) is 24.3 Å². The Bertz CT molecular complexity index is 734. The lowest BCUT2D eigenvalue weighted by molar-refractivity contribution is 0.215. The van der Waals surface area contributed by atoms with Gasteiger partial charge in [0.05, 0.1) is 22.0 Å². The third kappa shape index (κ3) is 3.75. The summed E-state index contributed by atoms with van der Waals surface area (Å²) >= 11 is 0. The number of imidazole rings is 1. The molecule has 5 nitrogen and oxygen atoms in total. The molecule has 0 saturated carbocycles. The van der Waals surface area contributed by atoms with Crippen LogP contribution in [0, 0.1) is 0 Å². The van der Waals surface area contributed by atoms with Gasteiger partial charge in [-0.3, -0.25) is 0 Å². The number of hydrogen-bond donors (Lipinski definition) is 1. The first kappa shape index (κ1) is 16.5. The van der Waals surface area contributed by atoms with Crippen molar-refractivity contribution in [2.45, 2.75) is 37.9 Å². The van der Waals surface area contributed by atoms with Gasteiger partial charge in [-0.05, 0) is 45.4 Å². The largest absolute Gasteiger partial charge is 0.342 e. The number of nitrogens with zero attached hydrogens (tertiary/aromatic N) is 2. The van der Waals surface area contributed by atoms with Crippen LogP contribution in [-0.4, -0.2) is 53.9 Å². The molecule has 1 saturated heterocycles. The molecule has 0 radical (unpaired) electrons. The number of para-hydroxylation sites is 2. The summed E-state index contributed by atoms with van der Waals surface area (Å²) in [6.45, 7) is 5.99. The van der Waals surface area contributed by atoms with E-state index in [4.69, 9.17) is 4.98 Å². The molecular weight excluding hydrogens is 310 g/mol. The first-order valence-electron chi connectivity index (χ1n) is 8.34. The van der Waals surface area contributed by atoms with Gasteiger partial charge in [0.15, 0.2) is 9.84 Å². The average molecular weight is 335 g/mol. The van der Waals surface area contributed by atoms with Crippen molar-refractivity contribution in [1.29, 1.82) is 0 Å². The van der Waals surface area contributed by atoms with Crippen molar-refractivity contribution < 1.29 is 8.42 Å². The van der Waals surface area contributed by atoms with Gasteiger partial charge in [-0.2, -0.15) is 0 Å². The minimum atomic E-state index is -2.97. The lowest BCUT2D eigenvalue weighted by Gasteiger charge is -2.31. The summed E-state index contributed by atoms with van der Waals surface area (Å²) in [5.74, 6) is 1.64. The van der Waals surface area contributed by atoms with Crippen molar-refractivity contribution >= 4 is 20.9 Å². The number of nitrogens with one attached hydrogen (secondary N) is 1. The maximum absolute atomic E-state index is 12.0. The summed E-state index contributed by atoms with van der Waals surface area (Å²) < 4.78 is 24.0. The smallest absolute Gasteiger partial charge is 0.153 e. The zero-order valence-electron chi connectivity index (χ0n) is 13.8. The van der Waals surface area contributed by atoms with Crippen molar-refractivity contribution in [3.63, 3.8) is 0 Å². The van der Waals surface area contributed by atoms with Crippen LogP contribution in [0.2, 0.25) is 0 Å². The lowest BCUT2D eigenvalue weighted by Crippen LogP contribution is -2.38. The number of fused-ring (bicyclic) bond motifs is 1. The van der Waals surface area contributed by atoms with Crippen LogP contribution in [0.3, 0.4) is 0 Å². The maximum Gasteiger partial charge on any atom is 0.153 e. The summed E-state index contributed by atoms with van der Waals surface area (Å²) in [5, 5.41) is -0.293. The molecule has 1 aromatic heterocycles. The molecule has 1 aromatic carbocycles. The van der Waals surface area contributed by atoms with Crippen LogP contribution >= 0.6 is 0 Å². The molecule has 2 heterocycles. The average Bonchev–Trinajstić information content (AvgIpc) is 2.97. The highest BCUT2D eigenvalue weighted by molar-refractivity contribution is 7.92. The molecule has 0 amide bonds. The Morgan fingerprint density at radius 3 is 2.87 bits per heavy atom. The third-order valence-corrected chi connectivity index (χ3v) is 6.90. The number of benzene rings is 1. The van der Waals surface area contributed by atoms with Gasteiger partial charge in [-0.1, -0.05) is 12.1 Å². The summed E-state index contributed by atoms with van der Waals surface area (Å²) in [4.78, 5) is 10.4. The second kappa shape index (κ2) is 6.61. The van der Waals surface area contributed by atoms with Gasteiger partial charge in [-0.15, -0.1) is 0 Å². The van der Waals surface area contributed by atoms with E-state index >= 15 is 0 Å². The van der Waals surface area contributed by atoms with Crippen LogP contribution in [0.1, 0.15) is 38.4 Å². The lowest BCUT2D eigenvalue weighted by atomic mass is 9.97. The summed E-state index contributed by atoms with van der Waals surface area (Å²) in [6, 6.07) is 8.07. The van der Waals surface area contributed by atoms with Crippen molar-refractivity contribution in [2.75, 3.05) is 25.4 Å². The fourth-order valence-corrected chi connectivity index (χ4v) is 4.12. The molecule has 0 bridgehead atoms. The number of aromatic amines is 1. The molecule has 1 atom stereocenters. The molecule has 0 spiro atoms. The van der Waals surface area contributed by atoms with Crippen molar-refractivity contribution in [2.24, 2.45) is 0 Å². The highest BCUT2D eigenvalue weighted by Crippen LogP contribution is 2.26. The van der Waals surface area contributed by atoms with Gasteiger partial charge in [0, 0.05) is 19.0 Å². The van der Waals surface area contributed by atoms with E-state index in [2.05, 4.69) is 9.88 Å². The van der Waals surface area contributed by atoms with Crippen LogP contribution in [0.25, 0.3) is 11.0 Å². The molecule has 1 N–H and O–H groups in total. The highest BCUT2D eigenvalue weighted by atomic mass is 32.2. The van der Waals surface area contributed by atoms with E-state index in [1.165, 1.54) is 0 Å². The standard InChI is InChI=1S/C17H25N3O2S/c1-13(2)23(21,22)11-10-20-9-5-6-14(12-20)17-18-15-7-3-4-8-16(15)19-17/h3-4,7-8,13-14H,5-6,9-12H2,1-2H3,(H,18,19). The van der Waals surface area contributed by atoms with E-state index in [9.17, 15) is 8.42 Å². The van der Waals surface area contributed by atoms with Crippen LogP contribution in [0.5, 0.6) is 0 Å². The predicted molar refractivity (Wildman–Crippen MR) is 93.4 cm³/mol. The molecule has 1 aliphatic rings. The SMILES string of the molecule is CC(C)S(=O)(=O)CCN1CCCC(c2nc3ccccc3[nH]2)C1. The molecular formula is C17H25N3O2S. The number of H-pyrrole nitrogens is 1. The number of sulfone groups is 1. The van der Waals surface area contributed by atoms with Crippen LogP contribution in [0.15, 0.2) is 24.3 Å². The van der Waals surface area contributed by atoms with Gasteiger partial charge in [-0.25, -0.2) is 13.4 Å². The number of likely N-dealkylation sites (tertiary alicyclic amines) is 1. The van der Waals surface area contributed by atoms with Crippen molar-refractivity contribution in [3.05, 3.63) is 30.1 Å². The topological polar surface area (TPSA) is 66.1 Å². The Hall–Kier alpha value is -1.40. The zero-order chi connectivity index (χ0) is 16.4. The van der Waals surface area contributed by atoms with Gasteiger partial charge in [0.2, 0.25) is 0 Å². The Balaban J connectivity index is 1.66. The maximum atomic E-state index is 12.0. The monoisotopic (exact) mass is 335 g/mol. The molecule has 23 heavy (non-hydrogen) atoms. The zero-order valence-corrected chi connectivity index (χ0v) is 14.6. The first-order chi connectivity index (χ1) is 11.0. The van der Waals surface area contributed by atoms with Crippen molar-refractivity contribution in [1.82, 2.24) is 14.9 Å². The fraction of sp³-hybridized carbons (Fsp3) is 0.588. The summed E-state index contributed by atoms with van der Waals surface area (Å²) in [6.07, 6.45) is 2.19. The van der Waals surface area contributed by atoms with Crippen LogP contribution in [0.4, 0.5) is 0 Å². The Kier molecular flexibility index (Phi) is 4.73. The number of hydrogen-bond acceptors (Lipinski definition) is 4. The first-order valence-corrected chi connectivity index (χ1v) is 10.1. The normalized spacial score (nSPS) is 20.4. The quantitative estimate of drug-likeness (QED) is 0.912. The minimum absolute atomic E-state index is 0.248. The van der Waals surface area contributed by atoms with Crippen LogP contribution in [-0.2, 0) is 9.84 Å². The molecule has 1 aliphatic heterocycles. The van der Waals surface area contributed by atoms with E-state index in [1.54, 1.807) is 13.8 Å². The number of piperidine rings is 1. The second-order valence-electron chi connectivity index (χ2n) is 6.69. The number of aromatic nitrogens is 2. The molecule has 6 heteroatoms. The number of rotatable bonds is 5. The molecule has 1 unspecified atom stereocenters. The Labute approximate surface area is 138 Å². The molecule has 1 fully saturated rings.